The second-order valence-corrected chi connectivity index (χ2v) is 11.3. The summed E-state index contributed by atoms with van der Waals surface area (Å²) in [7, 11) is 0. The first-order valence-electron chi connectivity index (χ1n) is 15.1. The molecular weight excluding hydrogens is 518 g/mol. The largest absolute Gasteiger partial charge is 0.344 e. The summed E-state index contributed by atoms with van der Waals surface area (Å²) >= 11 is 0. The minimum Gasteiger partial charge on any atom is -0.344 e. The SMILES string of the molecule is C=C/C=C(/C(=O)N[C@H](C(=O)Nc1ccc(CC(NC(=O)CC)C(=O)N2CCNCC2)cc1)C1CCCCC1)C(C)C. The van der Waals surface area contributed by atoms with E-state index in [2.05, 4.69) is 27.8 Å². The first-order valence-corrected chi connectivity index (χ1v) is 15.1. The van der Waals surface area contributed by atoms with Gasteiger partial charge in [0, 0.05) is 50.3 Å². The molecule has 2 aliphatic rings. The van der Waals surface area contributed by atoms with Gasteiger partial charge < -0.3 is 26.2 Å². The number of hydrogen-bond donors (Lipinski definition) is 4. The molecule has 1 unspecified atom stereocenters. The first-order chi connectivity index (χ1) is 19.7. The van der Waals surface area contributed by atoms with Crippen molar-refractivity contribution in [3.8, 4) is 0 Å². The van der Waals surface area contributed by atoms with Crippen LogP contribution in [0.2, 0.25) is 0 Å². The third kappa shape index (κ3) is 9.56. The summed E-state index contributed by atoms with van der Waals surface area (Å²) < 4.78 is 0. The van der Waals surface area contributed by atoms with Gasteiger partial charge in [0.15, 0.2) is 0 Å². The topological polar surface area (TPSA) is 120 Å². The Morgan fingerprint density at radius 1 is 1.02 bits per heavy atom. The number of nitrogens with zero attached hydrogens (tertiary/aromatic N) is 1. The molecule has 1 aliphatic carbocycles. The zero-order valence-electron chi connectivity index (χ0n) is 24.8. The highest BCUT2D eigenvalue weighted by Crippen LogP contribution is 2.28. The molecule has 9 heteroatoms. The Bertz CT molecular complexity index is 1090. The van der Waals surface area contributed by atoms with Crippen LogP contribution in [0.3, 0.4) is 0 Å². The van der Waals surface area contributed by atoms with E-state index in [1.54, 1.807) is 36.1 Å². The number of piperazine rings is 1. The fraction of sp³-hybridized carbons (Fsp3) is 0.562. The minimum absolute atomic E-state index is 0.00000812. The van der Waals surface area contributed by atoms with Crippen molar-refractivity contribution in [1.29, 1.82) is 0 Å². The van der Waals surface area contributed by atoms with Crippen LogP contribution < -0.4 is 21.3 Å². The van der Waals surface area contributed by atoms with Gasteiger partial charge in [-0.25, -0.2) is 0 Å². The highest BCUT2D eigenvalue weighted by atomic mass is 16.2. The predicted molar refractivity (Wildman–Crippen MR) is 162 cm³/mol. The Hall–Kier alpha value is -3.46. The Kier molecular flexibility index (Phi) is 12.6. The molecule has 4 N–H and O–H groups in total. The van der Waals surface area contributed by atoms with E-state index in [9.17, 15) is 19.2 Å². The van der Waals surface area contributed by atoms with Gasteiger partial charge in [0.1, 0.15) is 12.1 Å². The van der Waals surface area contributed by atoms with Crippen LogP contribution in [0.25, 0.3) is 0 Å². The second-order valence-electron chi connectivity index (χ2n) is 11.3. The highest BCUT2D eigenvalue weighted by Gasteiger charge is 2.32. The number of amides is 4. The second kappa shape index (κ2) is 16.1. The normalized spacial score (nSPS) is 17.9. The van der Waals surface area contributed by atoms with E-state index < -0.39 is 12.1 Å². The number of rotatable bonds is 12. The molecule has 3 rings (SSSR count). The molecule has 0 aromatic heterocycles. The molecule has 1 saturated heterocycles. The summed E-state index contributed by atoms with van der Waals surface area (Å²) in [5.41, 5.74) is 2.08. The molecule has 2 fully saturated rings. The van der Waals surface area contributed by atoms with Crippen LogP contribution in [0.15, 0.2) is 48.6 Å². The summed E-state index contributed by atoms with van der Waals surface area (Å²) in [5.74, 6) is -0.648. The number of nitrogens with one attached hydrogen (secondary N) is 4. The highest BCUT2D eigenvalue weighted by molar-refractivity contribution is 6.01. The van der Waals surface area contributed by atoms with E-state index in [-0.39, 0.29) is 35.5 Å². The number of anilines is 1. The van der Waals surface area contributed by atoms with Crippen LogP contribution in [0, 0.1) is 11.8 Å². The molecule has 224 valence electrons. The zero-order chi connectivity index (χ0) is 29.8. The van der Waals surface area contributed by atoms with Gasteiger partial charge in [0.25, 0.3) is 0 Å². The molecule has 1 heterocycles. The number of carbonyl (C=O) groups excluding carboxylic acids is 4. The predicted octanol–water partition coefficient (Wildman–Crippen LogP) is 3.33. The lowest BCUT2D eigenvalue weighted by molar-refractivity contribution is -0.136. The van der Waals surface area contributed by atoms with Crippen LogP contribution in [0.1, 0.15) is 64.9 Å². The molecule has 2 atom stereocenters. The average molecular weight is 566 g/mol. The third-order valence-corrected chi connectivity index (χ3v) is 7.92. The van der Waals surface area contributed by atoms with E-state index in [0.717, 1.165) is 50.8 Å². The minimum atomic E-state index is -0.648. The summed E-state index contributed by atoms with van der Waals surface area (Å²) in [6.07, 6.45) is 8.98. The van der Waals surface area contributed by atoms with Crippen LogP contribution >= 0.6 is 0 Å². The van der Waals surface area contributed by atoms with Gasteiger partial charge in [-0.05, 0) is 42.4 Å². The zero-order valence-corrected chi connectivity index (χ0v) is 24.8. The third-order valence-electron chi connectivity index (χ3n) is 7.92. The van der Waals surface area contributed by atoms with Gasteiger partial charge >= 0.3 is 0 Å². The van der Waals surface area contributed by atoms with Crippen LogP contribution in [0.5, 0.6) is 0 Å². The van der Waals surface area contributed by atoms with Crippen molar-refractivity contribution in [2.24, 2.45) is 11.8 Å². The Labute approximate surface area is 244 Å². The Balaban J connectivity index is 1.71. The van der Waals surface area contributed by atoms with Gasteiger partial charge in [-0.2, -0.15) is 0 Å². The maximum Gasteiger partial charge on any atom is 0.248 e. The summed E-state index contributed by atoms with van der Waals surface area (Å²) in [4.78, 5) is 53.8. The van der Waals surface area contributed by atoms with Gasteiger partial charge in [0.2, 0.25) is 23.6 Å². The molecule has 1 saturated carbocycles. The number of hydrogen-bond acceptors (Lipinski definition) is 5. The fourth-order valence-corrected chi connectivity index (χ4v) is 5.53. The molecule has 0 spiro atoms. The molecule has 0 bridgehead atoms. The summed E-state index contributed by atoms with van der Waals surface area (Å²) in [6.45, 7) is 12.1. The van der Waals surface area contributed by atoms with Crippen LogP contribution in [0.4, 0.5) is 5.69 Å². The van der Waals surface area contributed by atoms with Gasteiger partial charge in [-0.3, -0.25) is 19.2 Å². The Morgan fingerprint density at radius 2 is 1.68 bits per heavy atom. The van der Waals surface area contributed by atoms with E-state index in [4.69, 9.17) is 0 Å². The van der Waals surface area contributed by atoms with Crippen molar-refractivity contribution >= 4 is 29.3 Å². The lowest BCUT2D eigenvalue weighted by Crippen LogP contribution is -2.54. The van der Waals surface area contributed by atoms with Crippen molar-refractivity contribution < 1.29 is 19.2 Å². The van der Waals surface area contributed by atoms with E-state index in [1.165, 1.54) is 0 Å². The molecular formula is C32H47N5O4. The lowest BCUT2D eigenvalue weighted by atomic mass is 9.83. The monoisotopic (exact) mass is 565 g/mol. The standard InChI is InChI=1S/C32H47N5O4/c1-5-10-26(22(3)4)30(39)36-29(24-11-8-7-9-12-24)31(40)34-25-15-13-23(14-16-25)21-27(35-28(38)6-2)32(41)37-19-17-33-18-20-37/h5,10,13-16,22,24,27,29,33H,1,6-9,11-12,17-21H2,2-4H3,(H,34,40)(H,35,38)(H,36,39)/b26-10+/t27?,29-/m0/s1. The van der Waals surface area contributed by atoms with Crippen LogP contribution in [-0.4, -0.2) is 66.8 Å². The first kappa shape index (κ1) is 32.1. The van der Waals surface area contributed by atoms with Crippen molar-refractivity contribution in [3.63, 3.8) is 0 Å². The maximum absolute atomic E-state index is 13.5. The summed E-state index contributed by atoms with van der Waals surface area (Å²) in [5, 5.41) is 12.1. The lowest BCUT2D eigenvalue weighted by Gasteiger charge is -2.31. The van der Waals surface area contributed by atoms with E-state index in [0.29, 0.717) is 37.2 Å². The molecule has 0 radical (unpaired) electrons. The van der Waals surface area contributed by atoms with Gasteiger partial charge in [-0.1, -0.05) is 70.9 Å². The average Bonchev–Trinajstić information content (AvgIpc) is 2.99. The molecule has 1 aromatic rings. The van der Waals surface area contributed by atoms with Crippen molar-refractivity contribution in [2.75, 3.05) is 31.5 Å². The van der Waals surface area contributed by atoms with E-state index >= 15 is 0 Å². The number of benzene rings is 1. The van der Waals surface area contributed by atoms with Gasteiger partial charge in [-0.15, -0.1) is 0 Å². The maximum atomic E-state index is 13.5. The molecule has 1 aliphatic heterocycles. The van der Waals surface area contributed by atoms with Crippen molar-refractivity contribution in [2.45, 2.75) is 77.8 Å². The molecule has 1 aromatic carbocycles. The smallest absolute Gasteiger partial charge is 0.248 e. The van der Waals surface area contributed by atoms with Crippen molar-refractivity contribution in [1.82, 2.24) is 20.9 Å². The fourth-order valence-electron chi connectivity index (χ4n) is 5.53. The quantitative estimate of drug-likeness (QED) is 0.229. The van der Waals surface area contributed by atoms with Crippen LogP contribution in [-0.2, 0) is 25.6 Å². The molecule has 4 amide bonds. The summed E-state index contributed by atoms with van der Waals surface area (Å²) in [6, 6.07) is 6.05. The Morgan fingerprint density at radius 3 is 2.27 bits per heavy atom. The van der Waals surface area contributed by atoms with Crippen molar-refractivity contribution in [3.05, 3.63) is 54.1 Å². The molecule has 41 heavy (non-hydrogen) atoms. The number of allylic oxidation sites excluding steroid dienone is 2. The van der Waals surface area contributed by atoms with Gasteiger partial charge in [0.05, 0.1) is 0 Å². The number of carbonyl (C=O) groups is 4. The molecule has 9 nitrogen and oxygen atoms in total. The van der Waals surface area contributed by atoms with E-state index in [1.807, 2.05) is 26.0 Å².